The Bertz CT molecular complexity index is 3270. The molecule has 0 aliphatic heterocycles. The molecule has 0 unspecified atom stereocenters. The lowest BCUT2D eigenvalue weighted by Gasteiger charge is -2.21. The third-order valence-corrected chi connectivity index (χ3v) is 18.3. The molecule has 646 valence electrons. The molecule has 3 rings (SSSR count). The predicted octanol–water partition coefficient (Wildman–Crippen LogP) is 9.96. The highest BCUT2D eigenvalue weighted by Crippen LogP contribution is 2.33. The van der Waals surface area contributed by atoms with Crippen LogP contribution < -0.4 is 93.9 Å². The standard InChI is InChI=1S/C83H138N16O16/c1-7-10-13-16-19-22-25-28-31-34-56-110-78-65(40-37-43-70(78)107-4)59-92-97-113-62-75(102)88-52-50-86-73(100)48-46-68(81(105)91-55-54-90-77(104)64-115-99-94-61-67-42-39-45-72(109-6)80(67)112-58-36-33-30-27-24-21-18-15-12-9-3)95-82(106)69(96-83(84)85)47-49-74(101)87-51-53-89-76(103)63-114-98-93-60-66-41-38-44-71(108-5)79(66)111-57-35-32-29-26-23-20-17-14-11-8-2/h37-45,59-61,68-69,97-99H,7-36,46-58,62-64H2,1-6H3,(H,86,100)(H,87,101)(H,88,102)(H,89,103)(H,90,104)(H,91,105)(H,95,106)(H4,84,85,96)/b92-59+,93-60+,94-61+/t68-,69-/m0/s1. The maximum absolute atomic E-state index is 13.9. The van der Waals surface area contributed by atoms with Gasteiger partial charge in [-0.25, -0.2) is 19.5 Å². The summed E-state index contributed by atoms with van der Waals surface area (Å²) in [6, 6.07) is 13.5. The molecule has 0 aromatic heterocycles. The summed E-state index contributed by atoms with van der Waals surface area (Å²) in [7, 11) is 4.69. The van der Waals surface area contributed by atoms with Gasteiger partial charge in [-0.2, -0.15) is 32.1 Å². The summed E-state index contributed by atoms with van der Waals surface area (Å²) >= 11 is 0. The zero-order valence-corrected chi connectivity index (χ0v) is 69.6. The van der Waals surface area contributed by atoms with E-state index < -0.39 is 79.2 Å². The second-order valence-corrected chi connectivity index (χ2v) is 27.9. The molecule has 32 nitrogen and oxygen atoms in total. The van der Waals surface area contributed by atoms with Gasteiger partial charge in [-0.15, -0.1) is 0 Å². The number of rotatable bonds is 73. The second-order valence-electron chi connectivity index (χ2n) is 27.9. The van der Waals surface area contributed by atoms with Gasteiger partial charge >= 0.3 is 0 Å². The van der Waals surface area contributed by atoms with E-state index in [4.69, 9.17) is 54.4 Å². The molecule has 0 fully saturated rings. The number of nitrogens with zero attached hydrogens (tertiary/aromatic N) is 4. The highest BCUT2D eigenvalue weighted by atomic mass is 16.7. The summed E-state index contributed by atoms with van der Waals surface area (Å²) < 4.78 is 35.0. The fraction of sp³-hybridized carbons (Fsp3) is 0.651. The monoisotopic (exact) mass is 1620 g/mol. The van der Waals surface area contributed by atoms with Gasteiger partial charge in [0.05, 0.1) is 59.8 Å². The van der Waals surface area contributed by atoms with Crippen LogP contribution in [0, 0.1) is 0 Å². The average Bonchev–Trinajstić information content (AvgIpc) is 0.859. The zero-order chi connectivity index (χ0) is 83.2. The number of carbonyl (C=O) groups is 7. The van der Waals surface area contributed by atoms with E-state index >= 15 is 0 Å². The quantitative estimate of drug-likeness (QED) is 0.0108. The minimum Gasteiger partial charge on any atom is -0.493 e. The van der Waals surface area contributed by atoms with Gasteiger partial charge < -0.3 is 77.1 Å². The smallest absolute Gasteiger partial charge is 0.248 e. The van der Waals surface area contributed by atoms with Crippen LogP contribution in [0.2, 0.25) is 0 Å². The molecule has 3 aromatic rings. The number of hydrogen-bond donors (Lipinski definition) is 12. The van der Waals surface area contributed by atoms with Crippen molar-refractivity contribution >= 4 is 66.0 Å². The van der Waals surface area contributed by atoms with Crippen molar-refractivity contribution in [3.05, 3.63) is 71.3 Å². The van der Waals surface area contributed by atoms with Crippen LogP contribution in [-0.2, 0) is 48.1 Å². The lowest BCUT2D eigenvalue weighted by atomic mass is 10.1. The van der Waals surface area contributed by atoms with Gasteiger partial charge in [0.15, 0.2) is 60.3 Å². The molecular weight excluding hydrogens is 1480 g/mol. The first kappa shape index (κ1) is 99.5. The predicted molar refractivity (Wildman–Crippen MR) is 449 cm³/mol. The second kappa shape index (κ2) is 67.6. The Balaban J connectivity index is 1.51. The molecular formula is C83H138N16O16. The van der Waals surface area contributed by atoms with Gasteiger partial charge in [0.1, 0.15) is 12.1 Å². The summed E-state index contributed by atoms with van der Waals surface area (Å²) in [6.07, 6.45) is 39.7. The van der Waals surface area contributed by atoms with Crippen LogP contribution in [0.5, 0.6) is 34.5 Å². The number of methoxy groups -OCH3 is 3. The number of ether oxygens (including phenoxy) is 6. The normalized spacial score (nSPS) is 11.7. The molecule has 2 atom stereocenters. The lowest BCUT2D eigenvalue weighted by molar-refractivity contribution is -0.131. The third kappa shape index (κ3) is 49.6. The Hall–Kier alpha value is -9.69. The van der Waals surface area contributed by atoms with Crippen molar-refractivity contribution in [1.82, 2.24) is 54.0 Å². The van der Waals surface area contributed by atoms with Gasteiger partial charge in [-0.3, -0.25) is 33.6 Å². The van der Waals surface area contributed by atoms with E-state index in [1.165, 1.54) is 153 Å². The van der Waals surface area contributed by atoms with E-state index in [1.807, 2.05) is 30.3 Å². The van der Waals surface area contributed by atoms with Crippen molar-refractivity contribution in [3.63, 3.8) is 0 Å². The minimum absolute atomic E-state index is 0.00803. The van der Waals surface area contributed by atoms with Gasteiger partial charge in [0.2, 0.25) is 41.4 Å². The number of amides is 7. The summed E-state index contributed by atoms with van der Waals surface area (Å²) in [5.41, 5.74) is 20.6. The van der Waals surface area contributed by atoms with Crippen molar-refractivity contribution < 1.29 is 76.5 Å². The first-order valence-electron chi connectivity index (χ1n) is 41.8. The van der Waals surface area contributed by atoms with Crippen LogP contribution in [0.25, 0.3) is 0 Å². The molecule has 0 aliphatic carbocycles. The van der Waals surface area contributed by atoms with Crippen LogP contribution in [-0.4, -0.2) is 178 Å². The van der Waals surface area contributed by atoms with Gasteiger partial charge in [0.25, 0.3) is 0 Å². The average molecular weight is 1620 g/mol. The Morgan fingerprint density at radius 2 is 0.652 bits per heavy atom. The van der Waals surface area contributed by atoms with Crippen LogP contribution in [0.15, 0.2) is 74.9 Å². The molecule has 0 spiro atoms. The number of benzene rings is 3. The van der Waals surface area contributed by atoms with E-state index in [0.29, 0.717) is 71.0 Å². The molecule has 14 N–H and O–H groups in total. The summed E-state index contributed by atoms with van der Waals surface area (Å²) in [5.74, 6) is -1.40. The lowest BCUT2D eigenvalue weighted by Crippen LogP contribution is -2.51. The number of hydrazone groups is 3. The molecule has 7 amide bonds. The number of carbonyl (C=O) groups excluding carboxylic acids is 7. The fourth-order valence-electron chi connectivity index (χ4n) is 12.0. The number of guanidine groups is 1. The van der Waals surface area contributed by atoms with Crippen LogP contribution >= 0.6 is 0 Å². The maximum Gasteiger partial charge on any atom is 0.248 e. The molecule has 3 aromatic carbocycles. The SMILES string of the molecule is CCCCCCCCCCCCOc1c(/C=N/NOCC(=O)NCCNC(=O)CC[C@H](N=C(N)N)C(=O)N[C@@H](CCC(=O)NCCNC(=O)CON/N=C/c2cccc(OC)c2OCCCCCCCCCCCC)C(=O)NCCNC(=O)CON/N=C/c2cccc(OC)c2OCCCCCCCCCCCC)cccc1OC. The third-order valence-electron chi connectivity index (χ3n) is 18.3. The highest BCUT2D eigenvalue weighted by molar-refractivity contribution is 5.92. The van der Waals surface area contributed by atoms with Crippen molar-refractivity contribution in [2.75, 3.05) is 100 Å². The summed E-state index contributed by atoms with van der Waals surface area (Å²) in [6.45, 7) is 6.79. The van der Waals surface area contributed by atoms with Gasteiger partial charge in [-0.05, 0) is 68.5 Å². The number of nitrogens with two attached hydrogens (primary N) is 2. The van der Waals surface area contributed by atoms with Crippen LogP contribution in [0.3, 0.4) is 0 Å². The van der Waals surface area contributed by atoms with E-state index in [2.05, 4.69) is 95.1 Å². The number of nitrogens with one attached hydrogen (secondary N) is 10. The molecule has 32 heteroatoms. The topological polar surface area (TPSA) is 424 Å². The fourth-order valence-corrected chi connectivity index (χ4v) is 12.0. The zero-order valence-electron chi connectivity index (χ0n) is 69.6. The Morgan fingerprint density at radius 1 is 0.365 bits per heavy atom. The minimum atomic E-state index is -1.37. The number of aliphatic imine (C=N–C) groups is 1. The molecule has 0 radical (unpaired) electrons. The Morgan fingerprint density at radius 3 is 0.957 bits per heavy atom. The Kier molecular flexibility index (Phi) is 58.5. The van der Waals surface area contributed by atoms with Crippen LogP contribution in [0.1, 0.15) is 256 Å². The number of unbranched alkanes of at least 4 members (excludes halogenated alkanes) is 27. The Labute approximate surface area is 682 Å². The molecule has 115 heavy (non-hydrogen) atoms. The number of para-hydroxylation sites is 3. The van der Waals surface area contributed by atoms with E-state index in [1.54, 1.807) is 45.6 Å². The highest BCUT2D eigenvalue weighted by Gasteiger charge is 2.27. The molecule has 0 aliphatic rings. The van der Waals surface area contributed by atoms with Gasteiger partial charge in [0, 0.05) is 68.8 Å². The molecule has 0 saturated heterocycles. The molecule has 0 bridgehead atoms. The van der Waals surface area contributed by atoms with Crippen molar-refractivity contribution in [2.24, 2.45) is 31.8 Å². The van der Waals surface area contributed by atoms with E-state index in [9.17, 15) is 33.6 Å². The first-order chi connectivity index (χ1) is 56.2. The van der Waals surface area contributed by atoms with E-state index in [0.717, 1.165) is 57.8 Å². The largest absolute Gasteiger partial charge is 0.493 e. The summed E-state index contributed by atoms with van der Waals surface area (Å²) in [5, 5.41) is 30.7. The van der Waals surface area contributed by atoms with Gasteiger partial charge in [-0.1, -0.05) is 212 Å². The molecule has 0 heterocycles. The van der Waals surface area contributed by atoms with E-state index in [-0.39, 0.29) is 65.0 Å². The number of hydrogen-bond acceptors (Lipinski definition) is 23. The van der Waals surface area contributed by atoms with Crippen LogP contribution in [0.4, 0.5) is 0 Å². The van der Waals surface area contributed by atoms with Crippen molar-refractivity contribution in [2.45, 2.75) is 251 Å². The first-order valence-corrected chi connectivity index (χ1v) is 41.8. The maximum atomic E-state index is 13.9. The summed E-state index contributed by atoms with van der Waals surface area (Å²) in [4.78, 5) is 112. The van der Waals surface area contributed by atoms with Crippen molar-refractivity contribution in [1.29, 1.82) is 0 Å². The molecule has 0 saturated carbocycles. The van der Waals surface area contributed by atoms with Crippen molar-refractivity contribution in [3.8, 4) is 34.5 Å².